The fraction of sp³-hybridized carbons (Fsp3) is 0.150. The Hall–Kier alpha value is -3.28. The summed E-state index contributed by atoms with van der Waals surface area (Å²) in [4.78, 5) is 23.9. The minimum absolute atomic E-state index is 0.0750. The molecule has 0 saturated carbocycles. The van der Waals surface area contributed by atoms with Crippen LogP contribution in [0.4, 0.5) is 4.39 Å². The van der Waals surface area contributed by atoms with Gasteiger partial charge in [0, 0.05) is 29.4 Å². The van der Waals surface area contributed by atoms with E-state index in [0.717, 1.165) is 11.3 Å². The van der Waals surface area contributed by atoms with Gasteiger partial charge in [-0.1, -0.05) is 31.4 Å². The van der Waals surface area contributed by atoms with Gasteiger partial charge in [0.2, 0.25) is 5.95 Å². The Morgan fingerprint density at radius 3 is 2.92 bits per heavy atom. The second-order valence-corrected chi connectivity index (χ2v) is 6.33. The van der Waals surface area contributed by atoms with Gasteiger partial charge in [-0.3, -0.25) is 4.79 Å². The zero-order valence-electron chi connectivity index (χ0n) is 14.3. The van der Waals surface area contributed by atoms with E-state index in [4.69, 9.17) is 0 Å². The standard InChI is InChI=1S/C20H17FN4O/c1-4-10(2)14-9-22-20(26)13-8-16(24-17(13)14)12-6-5-7-15-18(12)25-19(21)11(3)23-15/h4-8,14,24H,1-2,9H2,3H3,(H,22,26). The molecule has 1 unspecified atom stereocenters. The SMILES string of the molecule is C=CC(=C)C1CNC(=O)c2cc(-c3cccc4nc(C)c(F)nc34)[nH]c21. The van der Waals surface area contributed by atoms with Crippen LogP contribution in [-0.2, 0) is 0 Å². The summed E-state index contributed by atoms with van der Waals surface area (Å²) in [5.74, 6) is -0.824. The third-order valence-electron chi connectivity index (χ3n) is 4.72. The molecule has 0 spiro atoms. The molecule has 1 atom stereocenters. The molecule has 1 aliphatic rings. The number of hydrogen-bond donors (Lipinski definition) is 2. The van der Waals surface area contributed by atoms with Gasteiger partial charge in [0.25, 0.3) is 5.91 Å². The lowest BCUT2D eigenvalue weighted by atomic mass is 9.91. The fourth-order valence-electron chi connectivity index (χ4n) is 3.29. The predicted octanol–water partition coefficient (Wildman–Crippen LogP) is 3.64. The molecule has 1 aliphatic heterocycles. The number of H-pyrrole nitrogens is 1. The molecule has 0 bridgehead atoms. The Bertz CT molecular complexity index is 1080. The average molecular weight is 348 g/mol. The number of carbonyl (C=O) groups is 1. The van der Waals surface area contributed by atoms with E-state index in [1.165, 1.54) is 0 Å². The highest BCUT2D eigenvalue weighted by molar-refractivity contribution is 6.00. The number of allylic oxidation sites excluding steroid dienone is 1. The van der Waals surface area contributed by atoms with Crippen LogP contribution in [-0.4, -0.2) is 27.4 Å². The summed E-state index contributed by atoms with van der Waals surface area (Å²) in [5.41, 5.74) is 4.85. The summed E-state index contributed by atoms with van der Waals surface area (Å²) in [6.07, 6.45) is 1.69. The summed E-state index contributed by atoms with van der Waals surface area (Å²) in [6.45, 7) is 9.82. The predicted molar refractivity (Wildman–Crippen MR) is 98.4 cm³/mol. The highest BCUT2D eigenvalue weighted by Gasteiger charge is 2.29. The van der Waals surface area contributed by atoms with Crippen molar-refractivity contribution in [3.05, 3.63) is 72.0 Å². The van der Waals surface area contributed by atoms with Crippen LogP contribution in [0.2, 0.25) is 0 Å². The third-order valence-corrected chi connectivity index (χ3v) is 4.72. The molecule has 4 rings (SSSR count). The molecule has 3 aromatic rings. The van der Waals surface area contributed by atoms with Crippen molar-refractivity contribution in [3.63, 3.8) is 0 Å². The number of aromatic amines is 1. The first-order chi connectivity index (χ1) is 12.5. The molecule has 2 N–H and O–H groups in total. The summed E-state index contributed by atoms with van der Waals surface area (Å²) in [7, 11) is 0. The lowest BCUT2D eigenvalue weighted by Gasteiger charge is -2.23. The van der Waals surface area contributed by atoms with Crippen molar-refractivity contribution >= 4 is 16.9 Å². The largest absolute Gasteiger partial charge is 0.357 e. The first kappa shape index (κ1) is 16.2. The van der Waals surface area contributed by atoms with Crippen LogP contribution in [0.25, 0.3) is 22.3 Å². The van der Waals surface area contributed by atoms with Crippen LogP contribution in [0.1, 0.15) is 27.7 Å². The molecule has 0 saturated heterocycles. The van der Waals surface area contributed by atoms with Crippen LogP contribution in [0.3, 0.4) is 0 Å². The first-order valence-electron chi connectivity index (χ1n) is 8.25. The number of benzene rings is 1. The molecule has 1 amide bonds. The number of rotatable bonds is 3. The second kappa shape index (κ2) is 5.91. The molecular formula is C20H17FN4O. The van der Waals surface area contributed by atoms with Gasteiger partial charge in [-0.05, 0) is 24.6 Å². The molecule has 0 aliphatic carbocycles. The maximum atomic E-state index is 14.0. The van der Waals surface area contributed by atoms with Crippen LogP contribution >= 0.6 is 0 Å². The second-order valence-electron chi connectivity index (χ2n) is 6.33. The van der Waals surface area contributed by atoms with E-state index in [-0.39, 0.29) is 17.5 Å². The first-order valence-corrected chi connectivity index (χ1v) is 8.25. The Balaban J connectivity index is 1.92. The van der Waals surface area contributed by atoms with Crippen molar-refractivity contribution in [1.29, 1.82) is 0 Å². The van der Waals surface area contributed by atoms with Gasteiger partial charge < -0.3 is 10.3 Å². The number of fused-ring (bicyclic) bond motifs is 2. The zero-order valence-corrected chi connectivity index (χ0v) is 14.3. The van der Waals surface area contributed by atoms with Crippen molar-refractivity contribution in [1.82, 2.24) is 20.3 Å². The number of amides is 1. The Labute approximate surface area is 149 Å². The maximum absolute atomic E-state index is 14.0. The van der Waals surface area contributed by atoms with E-state index in [1.54, 1.807) is 25.1 Å². The molecule has 5 nitrogen and oxygen atoms in total. The average Bonchev–Trinajstić information content (AvgIpc) is 3.08. The van der Waals surface area contributed by atoms with Gasteiger partial charge >= 0.3 is 0 Å². The van der Waals surface area contributed by atoms with Gasteiger partial charge in [0.1, 0.15) is 5.52 Å². The summed E-state index contributed by atoms with van der Waals surface area (Å²) in [6, 6.07) is 7.22. The van der Waals surface area contributed by atoms with Gasteiger partial charge in [0.15, 0.2) is 0 Å². The highest BCUT2D eigenvalue weighted by Crippen LogP contribution is 2.34. The molecule has 130 valence electrons. The van der Waals surface area contributed by atoms with E-state index in [2.05, 4.69) is 33.4 Å². The number of nitrogens with one attached hydrogen (secondary N) is 2. The number of hydrogen-bond acceptors (Lipinski definition) is 3. The molecule has 26 heavy (non-hydrogen) atoms. The summed E-state index contributed by atoms with van der Waals surface area (Å²) >= 11 is 0. The van der Waals surface area contributed by atoms with Gasteiger partial charge in [-0.2, -0.15) is 4.39 Å². The quantitative estimate of drug-likeness (QED) is 0.710. The van der Waals surface area contributed by atoms with E-state index in [9.17, 15) is 9.18 Å². The zero-order chi connectivity index (χ0) is 18.4. The van der Waals surface area contributed by atoms with Gasteiger partial charge in [-0.25, -0.2) is 9.97 Å². The van der Waals surface area contributed by atoms with Crippen LogP contribution in [0.5, 0.6) is 0 Å². The molecule has 0 radical (unpaired) electrons. The topological polar surface area (TPSA) is 70.7 Å². The van der Waals surface area contributed by atoms with Crippen molar-refractivity contribution in [3.8, 4) is 11.3 Å². The number of carbonyl (C=O) groups excluding carboxylic acids is 1. The fourth-order valence-corrected chi connectivity index (χ4v) is 3.29. The lowest BCUT2D eigenvalue weighted by Crippen LogP contribution is -2.35. The Morgan fingerprint density at radius 1 is 1.35 bits per heavy atom. The van der Waals surface area contributed by atoms with Crippen LogP contribution < -0.4 is 5.32 Å². The number of para-hydroxylation sites is 1. The number of aryl methyl sites for hydroxylation is 1. The minimum Gasteiger partial charge on any atom is -0.357 e. The van der Waals surface area contributed by atoms with Gasteiger partial charge in [-0.15, -0.1) is 0 Å². The Kier molecular flexibility index (Phi) is 3.68. The molecular weight excluding hydrogens is 331 g/mol. The van der Waals surface area contributed by atoms with E-state index in [0.29, 0.717) is 34.4 Å². The molecule has 3 heterocycles. The highest BCUT2D eigenvalue weighted by atomic mass is 19.1. The molecule has 0 fully saturated rings. The number of aromatic nitrogens is 3. The van der Waals surface area contributed by atoms with Crippen molar-refractivity contribution in [2.45, 2.75) is 12.8 Å². The van der Waals surface area contributed by atoms with E-state index >= 15 is 0 Å². The number of halogens is 1. The minimum atomic E-state index is -0.600. The van der Waals surface area contributed by atoms with E-state index in [1.807, 2.05) is 12.1 Å². The third kappa shape index (κ3) is 2.42. The summed E-state index contributed by atoms with van der Waals surface area (Å²) in [5, 5.41) is 2.87. The van der Waals surface area contributed by atoms with E-state index < -0.39 is 5.95 Å². The normalized spacial score (nSPS) is 16.2. The van der Waals surface area contributed by atoms with Crippen molar-refractivity contribution in [2.75, 3.05) is 6.54 Å². The monoisotopic (exact) mass is 348 g/mol. The van der Waals surface area contributed by atoms with Crippen molar-refractivity contribution in [2.24, 2.45) is 0 Å². The Morgan fingerprint density at radius 2 is 2.15 bits per heavy atom. The molecule has 1 aromatic carbocycles. The van der Waals surface area contributed by atoms with Crippen LogP contribution in [0.15, 0.2) is 49.1 Å². The van der Waals surface area contributed by atoms with Crippen molar-refractivity contribution < 1.29 is 9.18 Å². The summed E-state index contributed by atoms with van der Waals surface area (Å²) < 4.78 is 14.0. The smallest absolute Gasteiger partial charge is 0.253 e. The molecule has 6 heteroatoms. The number of nitrogens with zero attached hydrogens (tertiary/aromatic N) is 2. The lowest BCUT2D eigenvalue weighted by molar-refractivity contribution is 0.0942. The maximum Gasteiger partial charge on any atom is 0.253 e. The van der Waals surface area contributed by atoms with Gasteiger partial charge in [0.05, 0.1) is 16.8 Å². The van der Waals surface area contributed by atoms with Crippen LogP contribution in [0, 0.1) is 12.9 Å². The molecule has 2 aromatic heterocycles.